The molecular weight excluding hydrogens is 292 g/mol. The molecule has 0 bridgehead atoms. The summed E-state index contributed by atoms with van der Waals surface area (Å²) in [6.45, 7) is 4.91. The van der Waals surface area contributed by atoms with Crippen LogP contribution in [0.5, 0.6) is 0 Å². The SMILES string of the molecule is CC(CCl)C(C)NCc1ccc(F)cc1Br. The van der Waals surface area contributed by atoms with Gasteiger partial charge in [0.15, 0.2) is 0 Å². The average Bonchev–Trinajstić information content (AvgIpc) is 2.26. The lowest BCUT2D eigenvalue weighted by atomic mass is 10.1. The van der Waals surface area contributed by atoms with Gasteiger partial charge in [-0.3, -0.25) is 0 Å². The molecule has 0 saturated heterocycles. The van der Waals surface area contributed by atoms with Crippen LogP contribution < -0.4 is 5.32 Å². The number of hydrogen-bond acceptors (Lipinski definition) is 1. The molecule has 2 atom stereocenters. The monoisotopic (exact) mass is 307 g/mol. The minimum absolute atomic E-state index is 0.224. The Labute approximate surface area is 110 Å². The Kier molecular flexibility index (Phi) is 5.73. The first kappa shape index (κ1) is 13.9. The highest BCUT2D eigenvalue weighted by atomic mass is 79.9. The van der Waals surface area contributed by atoms with E-state index >= 15 is 0 Å². The summed E-state index contributed by atoms with van der Waals surface area (Å²) in [6, 6.07) is 5.07. The maximum absolute atomic E-state index is 12.9. The number of nitrogens with one attached hydrogen (secondary N) is 1. The van der Waals surface area contributed by atoms with Crippen LogP contribution in [0.2, 0.25) is 0 Å². The Morgan fingerprint density at radius 1 is 1.44 bits per heavy atom. The largest absolute Gasteiger partial charge is 0.310 e. The lowest BCUT2D eigenvalue weighted by Gasteiger charge is -2.19. The Balaban J connectivity index is 2.54. The zero-order valence-electron chi connectivity index (χ0n) is 9.43. The lowest BCUT2D eigenvalue weighted by molar-refractivity contribution is 0.429. The van der Waals surface area contributed by atoms with E-state index in [0.717, 1.165) is 10.0 Å². The Bertz CT molecular complexity index is 346. The van der Waals surface area contributed by atoms with Crippen LogP contribution in [0.25, 0.3) is 0 Å². The summed E-state index contributed by atoms with van der Waals surface area (Å²) in [7, 11) is 0. The van der Waals surface area contributed by atoms with E-state index in [1.807, 2.05) is 0 Å². The summed E-state index contributed by atoms with van der Waals surface area (Å²) < 4.78 is 13.7. The summed E-state index contributed by atoms with van der Waals surface area (Å²) in [5.41, 5.74) is 1.05. The van der Waals surface area contributed by atoms with Crippen molar-refractivity contribution >= 4 is 27.5 Å². The van der Waals surface area contributed by atoms with E-state index in [4.69, 9.17) is 11.6 Å². The Hall–Kier alpha value is -0.120. The normalized spacial score (nSPS) is 14.8. The molecule has 16 heavy (non-hydrogen) atoms. The predicted octanol–water partition coefficient (Wildman–Crippen LogP) is 3.94. The third kappa shape index (κ3) is 4.04. The minimum atomic E-state index is -0.224. The van der Waals surface area contributed by atoms with E-state index in [-0.39, 0.29) is 5.82 Å². The fraction of sp³-hybridized carbons (Fsp3) is 0.500. The van der Waals surface area contributed by atoms with Gasteiger partial charge < -0.3 is 5.32 Å². The van der Waals surface area contributed by atoms with Crippen LogP contribution in [0.15, 0.2) is 22.7 Å². The smallest absolute Gasteiger partial charge is 0.124 e. The molecule has 2 unspecified atom stereocenters. The summed E-state index contributed by atoms with van der Waals surface area (Å²) in [5.74, 6) is 0.831. The molecule has 1 nitrogen and oxygen atoms in total. The second-order valence-electron chi connectivity index (χ2n) is 4.04. The van der Waals surface area contributed by atoms with Crippen LogP contribution in [0.3, 0.4) is 0 Å². The lowest BCUT2D eigenvalue weighted by Crippen LogP contribution is -2.32. The van der Waals surface area contributed by atoms with Gasteiger partial charge in [0.25, 0.3) is 0 Å². The highest BCUT2D eigenvalue weighted by Gasteiger charge is 2.10. The van der Waals surface area contributed by atoms with E-state index in [0.29, 0.717) is 24.4 Å². The van der Waals surface area contributed by atoms with Gasteiger partial charge in [0.05, 0.1) is 0 Å². The molecule has 1 rings (SSSR count). The maximum Gasteiger partial charge on any atom is 0.124 e. The van der Waals surface area contributed by atoms with Crippen molar-refractivity contribution in [2.75, 3.05) is 5.88 Å². The maximum atomic E-state index is 12.9. The Morgan fingerprint density at radius 2 is 2.12 bits per heavy atom. The summed E-state index contributed by atoms with van der Waals surface area (Å²) in [5, 5.41) is 3.37. The predicted molar refractivity (Wildman–Crippen MR) is 70.3 cm³/mol. The number of halogens is 3. The van der Waals surface area contributed by atoms with E-state index < -0.39 is 0 Å². The van der Waals surface area contributed by atoms with Crippen LogP contribution in [0.1, 0.15) is 19.4 Å². The molecule has 0 heterocycles. The number of alkyl halides is 1. The molecule has 0 radical (unpaired) electrons. The van der Waals surface area contributed by atoms with Gasteiger partial charge in [-0.2, -0.15) is 0 Å². The highest BCUT2D eigenvalue weighted by molar-refractivity contribution is 9.10. The number of benzene rings is 1. The molecule has 0 aromatic heterocycles. The Morgan fingerprint density at radius 3 is 2.69 bits per heavy atom. The summed E-state index contributed by atoms with van der Waals surface area (Å²) in [6.07, 6.45) is 0. The van der Waals surface area contributed by atoms with Gasteiger partial charge >= 0.3 is 0 Å². The standard InChI is InChI=1S/C12H16BrClFN/c1-8(6-14)9(2)16-7-10-3-4-11(15)5-12(10)13/h3-5,8-9,16H,6-7H2,1-2H3. The molecule has 0 saturated carbocycles. The van der Waals surface area contributed by atoms with Crippen molar-refractivity contribution in [2.45, 2.75) is 26.4 Å². The van der Waals surface area contributed by atoms with Crippen molar-refractivity contribution in [2.24, 2.45) is 5.92 Å². The van der Waals surface area contributed by atoms with Crippen molar-refractivity contribution in [1.29, 1.82) is 0 Å². The highest BCUT2D eigenvalue weighted by Crippen LogP contribution is 2.18. The third-order valence-corrected chi connectivity index (χ3v) is 3.95. The second-order valence-corrected chi connectivity index (χ2v) is 5.20. The molecule has 0 aliphatic carbocycles. The molecule has 90 valence electrons. The second kappa shape index (κ2) is 6.58. The van der Waals surface area contributed by atoms with Crippen molar-refractivity contribution in [3.8, 4) is 0 Å². The van der Waals surface area contributed by atoms with E-state index in [1.165, 1.54) is 12.1 Å². The van der Waals surface area contributed by atoms with E-state index in [1.54, 1.807) is 6.07 Å². The topological polar surface area (TPSA) is 12.0 Å². The van der Waals surface area contributed by atoms with Crippen LogP contribution >= 0.6 is 27.5 Å². The zero-order chi connectivity index (χ0) is 12.1. The first-order valence-electron chi connectivity index (χ1n) is 5.28. The van der Waals surface area contributed by atoms with Gasteiger partial charge in [0.1, 0.15) is 5.82 Å². The van der Waals surface area contributed by atoms with E-state index in [9.17, 15) is 4.39 Å². The summed E-state index contributed by atoms with van der Waals surface area (Å²) >= 11 is 9.13. The molecule has 0 amide bonds. The number of rotatable bonds is 5. The molecular formula is C12H16BrClFN. The van der Waals surface area contributed by atoms with Crippen LogP contribution in [0.4, 0.5) is 4.39 Å². The fourth-order valence-corrected chi connectivity index (χ4v) is 2.03. The molecule has 1 aromatic carbocycles. The molecule has 0 aliphatic rings. The van der Waals surface area contributed by atoms with Crippen molar-refractivity contribution in [1.82, 2.24) is 5.32 Å². The van der Waals surface area contributed by atoms with Crippen LogP contribution in [-0.2, 0) is 6.54 Å². The zero-order valence-corrected chi connectivity index (χ0v) is 11.8. The molecule has 1 N–H and O–H groups in total. The van der Waals surface area contributed by atoms with Crippen molar-refractivity contribution in [3.63, 3.8) is 0 Å². The van der Waals surface area contributed by atoms with Gasteiger partial charge in [-0.05, 0) is 30.5 Å². The third-order valence-electron chi connectivity index (χ3n) is 2.73. The molecule has 4 heteroatoms. The molecule has 1 aromatic rings. The van der Waals surface area contributed by atoms with Crippen LogP contribution in [-0.4, -0.2) is 11.9 Å². The number of hydrogen-bond donors (Lipinski definition) is 1. The van der Waals surface area contributed by atoms with Crippen molar-refractivity contribution < 1.29 is 4.39 Å². The van der Waals surface area contributed by atoms with E-state index in [2.05, 4.69) is 35.1 Å². The van der Waals surface area contributed by atoms with Gasteiger partial charge in [-0.25, -0.2) is 4.39 Å². The minimum Gasteiger partial charge on any atom is -0.310 e. The summed E-state index contributed by atoms with van der Waals surface area (Å²) in [4.78, 5) is 0. The van der Waals surface area contributed by atoms with Crippen LogP contribution in [0, 0.1) is 11.7 Å². The fourth-order valence-electron chi connectivity index (χ4n) is 1.27. The van der Waals surface area contributed by atoms with Gasteiger partial charge in [0, 0.05) is 22.9 Å². The van der Waals surface area contributed by atoms with Gasteiger partial charge in [0.2, 0.25) is 0 Å². The molecule has 0 aliphatic heterocycles. The quantitative estimate of drug-likeness (QED) is 0.812. The molecule has 0 spiro atoms. The molecule has 0 fully saturated rings. The first-order chi connectivity index (χ1) is 7.54. The van der Waals surface area contributed by atoms with Gasteiger partial charge in [-0.15, -0.1) is 11.6 Å². The average molecular weight is 309 g/mol. The first-order valence-corrected chi connectivity index (χ1v) is 6.60. The van der Waals surface area contributed by atoms with Gasteiger partial charge in [-0.1, -0.05) is 28.9 Å². The van der Waals surface area contributed by atoms with Crippen molar-refractivity contribution in [3.05, 3.63) is 34.1 Å².